The van der Waals surface area contributed by atoms with Gasteiger partial charge in [0.1, 0.15) is 6.61 Å². The average molecular weight is 221 g/mol. The van der Waals surface area contributed by atoms with E-state index < -0.39 is 30.6 Å². The second kappa shape index (κ2) is 3.84. The molecule has 1 atom stereocenters. The first-order valence-electron chi connectivity index (χ1n) is 4.05. The third-order valence-electron chi connectivity index (χ3n) is 1.89. The molecule has 7 heteroatoms. The molecule has 15 heavy (non-hydrogen) atoms. The van der Waals surface area contributed by atoms with Crippen molar-refractivity contribution < 1.29 is 28.2 Å². The fourth-order valence-corrected chi connectivity index (χ4v) is 1.22. The first-order chi connectivity index (χ1) is 6.90. The summed E-state index contributed by atoms with van der Waals surface area (Å²) in [7, 11) is 0. The minimum atomic E-state index is -3.39. The van der Waals surface area contributed by atoms with Crippen molar-refractivity contribution in [1.82, 2.24) is 4.90 Å². The van der Waals surface area contributed by atoms with E-state index in [4.69, 9.17) is 5.11 Å². The van der Waals surface area contributed by atoms with Crippen molar-refractivity contribution in [3.05, 3.63) is 12.7 Å². The summed E-state index contributed by atoms with van der Waals surface area (Å²) in [6.45, 7) is 2.18. The number of halogens is 2. The van der Waals surface area contributed by atoms with Crippen LogP contribution in [0.3, 0.4) is 0 Å². The predicted molar refractivity (Wildman–Crippen MR) is 44.6 cm³/mol. The summed E-state index contributed by atoms with van der Waals surface area (Å²) in [5.74, 6) is -5.14. The molecule has 1 fully saturated rings. The largest absolute Gasteiger partial charge is 0.480 e. The van der Waals surface area contributed by atoms with E-state index in [2.05, 4.69) is 11.3 Å². The third-order valence-corrected chi connectivity index (χ3v) is 1.89. The molecule has 0 bridgehead atoms. The summed E-state index contributed by atoms with van der Waals surface area (Å²) >= 11 is 0. The van der Waals surface area contributed by atoms with Crippen molar-refractivity contribution in [2.24, 2.45) is 0 Å². The van der Waals surface area contributed by atoms with Crippen molar-refractivity contribution in [2.75, 3.05) is 13.2 Å². The maximum atomic E-state index is 12.7. The lowest BCUT2D eigenvalue weighted by atomic mass is 9.99. The molecular formula is C8H9F2NO4. The van der Waals surface area contributed by atoms with Gasteiger partial charge < -0.3 is 9.84 Å². The number of carboxylic acid groups (broad SMARTS) is 1. The number of carboxylic acids is 1. The monoisotopic (exact) mass is 221 g/mol. The quantitative estimate of drug-likeness (QED) is 0.713. The summed E-state index contributed by atoms with van der Waals surface area (Å²) in [5.41, 5.74) is 0. The van der Waals surface area contributed by atoms with Crippen LogP contribution >= 0.6 is 0 Å². The molecule has 5 nitrogen and oxygen atoms in total. The van der Waals surface area contributed by atoms with Crippen LogP contribution < -0.4 is 0 Å². The van der Waals surface area contributed by atoms with Crippen LogP contribution in [0.5, 0.6) is 0 Å². The van der Waals surface area contributed by atoms with Crippen molar-refractivity contribution in [3.63, 3.8) is 0 Å². The highest BCUT2D eigenvalue weighted by atomic mass is 19.3. The van der Waals surface area contributed by atoms with Gasteiger partial charge in [-0.1, -0.05) is 12.7 Å². The zero-order valence-electron chi connectivity index (χ0n) is 7.65. The van der Waals surface area contributed by atoms with E-state index in [9.17, 15) is 18.4 Å². The molecule has 1 aliphatic rings. The normalized spacial score (nSPS) is 22.8. The average Bonchev–Trinajstić information content (AvgIpc) is 2.09. The molecule has 0 saturated carbocycles. The van der Waals surface area contributed by atoms with Crippen LogP contribution in [0.15, 0.2) is 12.7 Å². The Morgan fingerprint density at radius 3 is 2.67 bits per heavy atom. The van der Waals surface area contributed by atoms with Crippen LogP contribution in [0, 0.1) is 0 Å². The van der Waals surface area contributed by atoms with Crippen LogP contribution in [-0.4, -0.2) is 47.2 Å². The van der Waals surface area contributed by atoms with E-state index in [1.54, 1.807) is 0 Å². The Labute approximate surface area is 83.9 Å². The van der Waals surface area contributed by atoms with Crippen LogP contribution in [0.1, 0.15) is 0 Å². The zero-order chi connectivity index (χ0) is 11.6. The second-order valence-electron chi connectivity index (χ2n) is 3.00. The lowest BCUT2D eigenvalue weighted by molar-refractivity contribution is -0.193. The number of amides is 1. The number of carbonyl (C=O) groups excluding carboxylic acids is 1. The number of ether oxygens (including phenoxy) is 1. The molecule has 0 spiro atoms. The van der Waals surface area contributed by atoms with E-state index in [0.29, 0.717) is 4.90 Å². The van der Waals surface area contributed by atoms with Gasteiger partial charge in [-0.3, -0.25) is 4.90 Å². The fraction of sp³-hybridized carbons (Fsp3) is 0.500. The van der Waals surface area contributed by atoms with Gasteiger partial charge in [0, 0.05) is 0 Å². The molecule has 1 heterocycles. The fourth-order valence-electron chi connectivity index (χ4n) is 1.22. The Kier molecular flexibility index (Phi) is 2.92. The second-order valence-corrected chi connectivity index (χ2v) is 3.00. The number of alkyl halides is 2. The Morgan fingerprint density at radius 2 is 2.27 bits per heavy atom. The molecule has 1 N–H and O–H groups in total. The van der Waals surface area contributed by atoms with Crippen molar-refractivity contribution in [2.45, 2.75) is 12.0 Å². The van der Waals surface area contributed by atoms with Gasteiger partial charge in [0.05, 0.1) is 6.54 Å². The summed E-state index contributed by atoms with van der Waals surface area (Å²) < 4.78 is 29.9. The standard InChI is InChI=1S/C8H9F2NO4/c1-2-3-15-7(14)11-4-8(9,10)5(11)6(12)13/h2,5H,1,3-4H2,(H,12,13). The zero-order valence-corrected chi connectivity index (χ0v) is 7.65. The highest BCUT2D eigenvalue weighted by molar-refractivity contribution is 5.83. The van der Waals surface area contributed by atoms with E-state index in [0.717, 1.165) is 0 Å². The Balaban J connectivity index is 2.62. The van der Waals surface area contributed by atoms with Gasteiger partial charge in [-0.15, -0.1) is 0 Å². The molecule has 1 rings (SSSR count). The van der Waals surface area contributed by atoms with Gasteiger partial charge in [0.2, 0.25) is 0 Å². The number of nitrogens with zero attached hydrogens (tertiary/aromatic N) is 1. The number of rotatable bonds is 3. The Morgan fingerprint density at radius 1 is 1.67 bits per heavy atom. The number of hydrogen-bond acceptors (Lipinski definition) is 3. The Bertz CT molecular complexity index is 305. The number of likely N-dealkylation sites (tertiary alicyclic amines) is 1. The van der Waals surface area contributed by atoms with Gasteiger partial charge in [0.25, 0.3) is 5.92 Å². The molecule has 0 aromatic carbocycles. The van der Waals surface area contributed by atoms with Gasteiger partial charge in [-0.25, -0.2) is 18.4 Å². The van der Waals surface area contributed by atoms with Crippen molar-refractivity contribution in [3.8, 4) is 0 Å². The molecule has 0 aliphatic carbocycles. The number of aliphatic carboxylic acids is 1. The van der Waals surface area contributed by atoms with Gasteiger partial charge in [-0.05, 0) is 0 Å². The van der Waals surface area contributed by atoms with Crippen LogP contribution in [0.25, 0.3) is 0 Å². The molecule has 0 aromatic heterocycles. The minimum absolute atomic E-state index is 0.146. The SMILES string of the molecule is C=CCOC(=O)N1CC(F)(F)C1C(=O)O. The third kappa shape index (κ3) is 2.05. The summed E-state index contributed by atoms with van der Waals surface area (Å²) in [4.78, 5) is 21.9. The molecule has 0 aromatic rings. The lowest BCUT2D eigenvalue weighted by Crippen LogP contribution is -2.69. The lowest BCUT2D eigenvalue weighted by Gasteiger charge is -2.43. The van der Waals surface area contributed by atoms with Gasteiger partial charge in [-0.2, -0.15) is 0 Å². The molecule has 0 radical (unpaired) electrons. The first kappa shape index (κ1) is 11.4. The van der Waals surface area contributed by atoms with E-state index >= 15 is 0 Å². The van der Waals surface area contributed by atoms with E-state index in [1.807, 2.05) is 0 Å². The number of hydrogen-bond donors (Lipinski definition) is 1. The summed E-state index contributed by atoms with van der Waals surface area (Å²) in [6.07, 6.45) is 0.180. The van der Waals surface area contributed by atoms with Gasteiger partial charge >= 0.3 is 12.1 Å². The maximum Gasteiger partial charge on any atom is 0.411 e. The first-order valence-corrected chi connectivity index (χ1v) is 4.05. The van der Waals surface area contributed by atoms with E-state index in [-0.39, 0.29) is 6.61 Å². The highest BCUT2D eigenvalue weighted by Crippen LogP contribution is 2.35. The summed E-state index contributed by atoms with van der Waals surface area (Å²) in [6, 6.07) is -2.13. The molecule has 1 saturated heterocycles. The number of carbonyl (C=O) groups is 2. The Hall–Kier alpha value is -1.66. The van der Waals surface area contributed by atoms with Crippen molar-refractivity contribution in [1.29, 1.82) is 0 Å². The maximum absolute atomic E-state index is 12.7. The highest BCUT2D eigenvalue weighted by Gasteiger charge is 2.61. The molecule has 1 amide bonds. The molecule has 1 unspecified atom stereocenters. The molecule has 84 valence electrons. The minimum Gasteiger partial charge on any atom is -0.480 e. The van der Waals surface area contributed by atoms with Gasteiger partial charge in [0.15, 0.2) is 6.04 Å². The smallest absolute Gasteiger partial charge is 0.411 e. The molecule has 1 aliphatic heterocycles. The van der Waals surface area contributed by atoms with E-state index in [1.165, 1.54) is 6.08 Å². The predicted octanol–water partition coefficient (Wildman–Crippen LogP) is 0.713. The summed E-state index contributed by atoms with van der Waals surface area (Å²) in [5, 5.41) is 8.46. The van der Waals surface area contributed by atoms with Crippen molar-refractivity contribution >= 4 is 12.1 Å². The molecular weight excluding hydrogens is 212 g/mol. The topological polar surface area (TPSA) is 66.8 Å². The van der Waals surface area contributed by atoms with Crippen LogP contribution in [0.4, 0.5) is 13.6 Å². The van der Waals surface area contributed by atoms with Crippen LogP contribution in [-0.2, 0) is 9.53 Å². The van der Waals surface area contributed by atoms with Crippen LogP contribution in [0.2, 0.25) is 0 Å².